The number of aromatic nitrogens is 2. The molecular weight excluding hydrogens is 206 g/mol. The first-order valence-electron chi connectivity index (χ1n) is 5.26. The second-order valence-electron chi connectivity index (χ2n) is 3.58. The zero-order valence-corrected chi connectivity index (χ0v) is 9.90. The average molecular weight is 221 g/mol. The van der Waals surface area contributed by atoms with E-state index in [-0.39, 0.29) is 0 Å². The number of aryl methyl sites for hydroxylation is 1. The molecule has 0 spiro atoms. The molecule has 80 valence electrons. The van der Waals surface area contributed by atoms with Gasteiger partial charge in [-0.1, -0.05) is 13.3 Å². The Labute approximate surface area is 93.6 Å². The lowest BCUT2D eigenvalue weighted by atomic mass is 10.3. The lowest BCUT2D eigenvalue weighted by molar-refractivity contribution is 0.831. The Morgan fingerprint density at radius 1 is 1.40 bits per heavy atom. The second kappa shape index (κ2) is 4.57. The van der Waals surface area contributed by atoms with Crippen molar-refractivity contribution in [2.75, 3.05) is 11.9 Å². The third kappa shape index (κ3) is 2.26. The van der Waals surface area contributed by atoms with Crippen LogP contribution in [0.4, 0.5) is 5.82 Å². The molecule has 1 N–H and O–H groups in total. The van der Waals surface area contributed by atoms with Crippen LogP contribution in [0, 0.1) is 6.92 Å². The van der Waals surface area contributed by atoms with Gasteiger partial charge in [0.05, 0.1) is 5.39 Å². The van der Waals surface area contributed by atoms with Crippen molar-refractivity contribution in [2.45, 2.75) is 26.7 Å². The first-order chi connectivity index (χ1) is 7.31. The smallest absolute Gasteiger partial charge is 0.138 e. The Bertz CT molecular complexity index is 450. The van der Waals surface area contributed by atoms with Crippen molar-refractivity contribution < 1.29 is 0 Å². The van der Waals surface area contributed by atoms with Gasteiger partial charge in [-0.3, -0.25) is 0 Å². The van der Waals surface area contributed by atoms with E-state index in [9.17, 15) is 0 Å². The fourth-order valence-corrected chi connectivity index (χ4v) is 2.35. The number of hydrogen-bond donors (Lipinski definition) is 1. The van der Waals surface area contributed by atoms with Gasteiger partial charge in [0.25, 0.3) is 0 Å². The molecule has 0 atom stereocenters. The van der Waals surface area contributed by atoms with Crippen LogP contribution >= 0.6 is 11.3 Å². The summed E-state index contributed by atoms with van der Waals surface area (Å²) in [5.41, 5.74) is 0. The van der Waals surface area contributed by atoms with Gasteiger partial charge in [-0.25, -0.2) is 9.97 Å². The lowest BCUT2D eigenvalue weighted by Crippen LogP contribution is -2.03. The summed E-state index contributed by atoms with van der Waals surface area (Å²) in [6, 6.07) is 2.15. The Morgan fingerprint density at radius 3 is 3.07 bits per heavy atom. The molecule has 0 aliphatic rings. The Balaban J connectivity index is 2.25. The number of anilines is 1. The summed E-state index contributed by atoms with van der Waals surface area (Å²) in [6.07, 6.45) is 4.01. The number of rotatable bonds is 4. The summed E-state index contributed by atoms with van der Waals surface area (Å²) in [5.74, 6) is 0.970. The summed E-state index contributed by atoms with van der Waals surface area (Å²) >= 11 is 1.71. The molecule has 2 rings (SSSR count). The van der Waals surface area contributed by atoms with Gasteiger partial charge in [-0.2, -0.15) is 0 Å². The number of nitrogens with zero attached hydrogens (tertiary/aromatic N) is 2. The van der Waals surface area contributed by atoms with Crippen molar-refractivity contribution in [1.82, 2.24) is 9.97 Å². The van der Waals surface area contributed by atoms with E-state index in [1.807, 2.05) is 0 Å². The molecule has 0 aliphatic carbocycles. The maximum absolute atomic E-state index is 4.28. The van der Waals surface area contributed by atoms with Crippen LogP contribution in [0.3, 0.4) is 0 Å². The largest absolute Gasteiger partial charge is 0.369 e. The van der Waals surface area contributed by atoms with Gasteiger partial charge in [0.1, 0.15) is 17.0 Å². The minimum atomic E-state index is 0.970. The van der Waals surface area contributed by atoms with Crippen LogP contribution in [0.1, 0.15) is 24.6 Å². The van der Waals surface area contributed by atoms with Gasteiger partial charge in [0.15, 0.2) is 0 Å². The summed E-state index contributed by atoms with van der Waals surface area (Å²) in [7, 11) is 0. The van der Waals surface area contributed by atoms with Gasteiger partial charge in [-0.15, -0.1) is 11.3 Å². The van der Waals surface area contributed by atoms with E-state index in [0.717, 1.165) is 22.6 Å². The number of thiophene rings is 1. The fraction of sp³-hybridized carbons (Fsp3) is 0.455. The highest BCUT2D eigenvalue weighted by Crippen LogP contribution is 2.27. The Hall–Kier alpha value is -1.16. The van der Waals surface area contributed by atoms with Crippen LogP contribution in [-0.4, -0.2) is 16.5 Å². The van der Waals surface area contributed by atoms with E-state index >= 15 is 0 Å². The average Bonchev–Trinajstić information content (AvgIpc) is 2.59. The number of nitrogens with one attached hydrogen (secondary N) is 1. The maximum Gasteiger partial charge on any atom is 0.138 e. The molecule has 0 amide bonds. The van der Waals surface area contributed by atoms with Gasteiger partial charge in [-0.05, 0) is 19.4 Å². The minimum absolute atomic E-state index is 0.970. The summed E-state index contributed by atoms with van der Waals surface area (Å²) in [6.45, 7) is 5.27. The molecule has 0 unspecified atom stereocenters. The zero-order valence-electron chi connectivity index (χ0n) is 9.08. The summed E-state index contributed by atoms with van der Waals surface area (Å²) in [5, 5.41) is 4.51. The minimum Gasteiger partial charge on any atom is -0.369 e. The van der Waals surface area contributed by atoms with E-state index in [2.05, 4.69) is 35.2 Å². The van der Waals surface area contributed by atoms with Gasteiger partial charge >= 0.3 is 0 Å². The summed E-state index contributed by atoms with van der Waals surface area (Å²) in [4.78, 5) is 10.9. The Kier molecular flexibility index (Phi) is 3.16. The standard InChI is InChI=1S/C11H15N3S/c1-3-4-5-12-10-9-6-8(2)15-11(9)14-7-13-10/h6-7H,3-5H2,1-2H3,(H,12,13,14). The third-order valence-electron chi connectivity index (χ3n) is 2.28. The molecule has 0 saturated heterocycles. The predicted octanol–water partition coefficient (Wildman–Crippen LogP) is 3.21. The van der Waals surface area contributed by atoms with Crippen molar-refractivity contribution in [3.8, 4) is 0 Å². The number of fused-ring (bicyclic) bond motifs is 1. The SMILES string of the molecule is CCCCNc1ncnc2sc(C)cc12. The van der Waals surface area contributed by atoms with Crippen molar-refractivity contribution in [3.05, 3.63) is 17.3 Å². The molecule has 2 heterocycles. The van der Waals surface area contributed by atoms with E-state index in [4.69, 9.17) is 0 Å². The van der Waals surface area contributed by atoms with E-state index in [0.29, 0.717) is 0 Å². The Morgan fingerprint density at radius 2 is 2.27 bits per heavy atom. The molecule has 0 aliphatic heterocycles. The highest BCUT2D eigenvalue weighted by Gasteiger charge is 2.05. The van der Waals surface area contributed by atoms with Crippen LogP contribution in [0.15, 0.2) is 12.4 Å². The molecule has 0 aromatic carbocycles. The molecule has 15 heavy (non-hydrogen) atoms. The normalized spacial score (nSPS) is 10.8. The molecule has 0 saturated carbocycles. The quantitative estimate of drug-likeness (QED) is 0.806. The van der Waals surface area contributed by atoms with Crippen LogP contribution in [-0.2, 0) is 0 Å². The molecule has 2 aromatic heterocycles. The predicted molar refractivity (Wildman–Crippen MR) is 65.5 cm³/mol. The van der Waals surface area contributed by atoms with Crippen molar-refractivity contribution in [2.24, 2.45) is 0 Å². The van der Waals surface area contributed by atoms with Crippen LogP contribution in [0.5, 0.6) is 0 Å². The molecule has 0 bridgehead atoms. The topological polar surface area (TPSA) is 37.8 Å². The van der Waals surface area contributed by atoms with Crippen molar-refractivity contribution in [1.29, 1.82) is 0 Å². The number of hydrogen-bond acceptors (Lipinski definition) is 4. The monoisotopic (exact) mass is 221 g/mol. The molecule has 3 nitrogen and oxygen atoms in total. The molecule has 4 heteroatoms. The van der Waals surface area contributed by atoms with E-state index in [1.165, 1.54) is 17.7 Å². The lowest BCUT2D eigenvalue weighted by Gasteiger charge is -2.04. The van der Waals surface area contributed by atoms with Crippen molar-refractivity contribution in [3.63, 3.8) is 0 Å². The molecular formula is C11H15N3S. The fourth-order valence-electron chi connectivity index (χ4n) is 1.50. The first kappa shape index (κ1) is 10.4. The first-order valence-corrected chi connectivity index (χ1v) is 6.08. The van der Waals surface area contributed by atoms with Gasteiger partial charge < -0.3 is 5.32 Å². The van der Waals surface area contributed by atoms with E-state index in [1.54, 1.807) is 17.7 Å². The van der Waals surface area contributed by atoms with Gasteiger partial charge in [0, 0.05) is 11.4 Å². The second-order valence-corrected chi connectivity index (χ2v) is 4.81. The van der Waals surface area contributed by atoms with Crippen LogP contribution in [0.2, 0.25) is 0 Å². The van der Waals surface area contributed by atoms with Crippen LogP contribution < -0.4 is 5.32 Å². The van der Waals surface area contributed by atoms with Crippen molar-refractivity contribution >= 4 is 27.4 Å². The zero-order chi connectivity index (χ0) is 10.7. The summed E-state index contributed by atoms with van der Waals surface area (Å²) < 4.78 is 0. The molecule has 0 radical (unpaired) electrons. The van der Waals surface area contributed by atoms with Crippen LogP contribution in [0.25, 0.3) is 10.2 Å². The van der Waals surface area contributed by atoms with E-state index < -0.39 is 0 Å². The maximum atomic E-state index is 4.28. The highest BCUT2D eigenvalue weighted by atomic mass is 32.1. The third-order valence-corrected chi connectivity index (χ3v) is 3.23. The molecule has 2 aromatic rings. The molecule has 0 fully saturated rings. The van der Waals surface area contributed by atoms with Gasteiger partial charge in [0.2, 0.25) is 0 Å². The highest BCUT2D eigenvalue weighted by molar-refractivity contribution is 7.18. The number of unbranched alkanes of at least 4 members (excludes halogenated alkanes) is 1.